The summed E-state index contributed by atoms with van der Waals surface area (Å²) in [7, 11) is 0. The van der Waals surface area contributed by atoms with Crippen LogP contribution in [0.1, 0.15) is 27.0 Å². The van der Waals surface area contributed by atoms with Crippen molar-refractivity contribution < 1.29 is 14.6 Å². The van der Waals surface area contributed by atoms with Gasteiger partial charge < -0.3 is 15.2 Å². The molecule has 1 amide bonds. The molecule has 0 aliphatic heterocycles. The first-order valence-corrected chi connectivity index (χ1v) is 9.01. The Labute approximate surface area is 158 Å². The number of benzene rings is 3. The molecule has 0 fully saturated rings. The Bertz CT molecular complexity index is 927. The summed E-state index contributed by atoms with van der Waals surface area (Å²) in [5.74, 6) is -0.278. The van der Waals surface area contributed by atoms with Crippen molar-refractivity contribution in [2.75, 3.05) is 0 Å². The maximum absolute atomic E-state index is 12.9. The molecule has 4 heteroatoms. The van der Waals surface area contributed by atoms with Gasteiger partial charge in [0, 0.05) is 17.5 Å². The van der Waals surface area contributed by atoms with E-state index in [1.807, 2.05) is 72.8 Å². The second-order valence-corrected chi connectivity index (χ2v) is 6.71. The molecule has 0 aromatic heterocycles. The summed E-state index contributed by atoms with van der Waals surface area (Å²) >= 11 is 0. The number of aliphatic hydroxyl groups excluding tert-OH is 1. The van der Waals surface area contributed by atoms with Gasteiger partial charge in [-0.2, -0.15) is 0 Å². The zero-order valence-corrected chi connectivity index (χ0v) is 14.8. The zero-order valence-electron chi connectivity index (χ0n) is 14.8. The van der Waals surface area contributed by atoms with Crippen molar-refractivity contribution in [3.8, 4) is 0 Å². The highest BCUT2D eigenvalue weighted by atomic mass is 16.5. The van der Waals surface area contributed by atoms with Crippen LogP contribution in [0, 0.1) is 0 Å². The molecular formula is C23H21NO3. The quantitative estimate of drug-likeness (QED) is 0.687. The molecule has 2 unspecified atom stereocenters. The first-order valence-electron chi connectivity index (χ1n) is 9.01. The van der Waals surface area contributed by atoms with Crippen LogP contribution in [0.4, 0.5) is 0 Å². The van der Waals surface area contributed by atoms with Gasteiger partial charge in [0.25, 0.3) is 5.91 Å². The number of nitrogens with one attached hydrogen (secondary N) is 1. The smallest absolute Gasteiger partial charge is 0.253 e. The van der Waals surface area contributed by atoms with E-state index in [1.165, 1.54) is 0 Å². The van der Waals surface area contributed by atoms with E-state index >= 15 is 0 Å². The lowest BCUT2D eigenvalue weighted by Crippen LogP contribution is -2.53. The number of hydrogen-bond acceptors (Lipinski definition) is 3. The number of carbonyl (C=O) groups excluding carboxylic acids is 1. The summed E-state index contributed by atoms with van der Waals surface area (Å²) in [4.78, 5) is 12.9. The van der Waals surface area contributed by atoms with Crippen molar-refractivity contribution in [3.63, 3.8) is 0 Å². The summed E-state index contributed by atoms with van der Waals surface area (Å²) in [6, 6.07) is 26.4. The molecule has 0 heterocycles. The van der Waals surface area contributed by atoms with Crippen LogP contribution in [-0.4, -0.2) is 17.1 Å². The minimum Gasteiger partial charge on any atom is -0.387 e. The molecule has 1 aliphatic rings. The highest BCUT2D eigenvalue weighted by Crippen LogP contribution is 2.39. The summed E-state index contributed by atoms with van der Waals surface area (Å²) in [6.45, 7) is 0.279. The van der Waals surface area contributed by atoms with Crippen LogP contribution in [0.3, 0.4) is 0 Å². The molecule has 27 heavy (non-hydrogen) atoms. The molecule has 4 rings (SSSR count). The number of fused-ring (bicyclic) bond motifs is 1. The van der Waals surface area contributed by atoms with E-state index in [9.17, 15) is 9.90 Å². The normalized spacial score (nSPS) is 20.9. The van der Waals surface area contributed by atoms with Crippen molar-refractivity contribution in [1.29, 1.82) is 0 Å². The minimum atomic E-state index is -1.28. The second kappa shape index (κ2) is 7.35. The van der Waals surface area contributed by atoms with E-state index in [1.54, 1.807) is 12.1 Å². The average molecular weight is 359 g/mol. The number of aliphatic hydroxyl groups is 1. The van der Waals surface area contributed by atoms with Gasteiger partial charge >= 0.3 is 0 Å². The van der Waals surface area contributed by atoms with Gasteiger partial charge in [0.1, 0.15) is 6.10 Å². The molecule has 136 valence electrons. The summed E-state index contributed by atoms with van der Waals surface area (Å²) in [5, 5.41) is 13.9. The van der Waals surface area contributed by atoms with Gasteiger partial charge in [0.15, 0.2) is 5.72 Å². The Morgan fingerprint density at radius 1 is 0.963 bits per heavy atom. The largest absolute Gasteiger partial charge is 0.387 e. The average Bonchev–Trinajstić information content (AvgIpc) is 2.99. The lowest BCUT2D eigenvalue weighted by Gasteiger charge is -2.35. The summed E-state index contributed by atoms with van der Waals surface area (Å²) in [6.07, 6.45) is -0.439. The minimum absolute atomic E-state index is 0.278. The van der Waals surface area contributed by atoms with Crippen molar-refractivity contribution >= 4 is 5.91 Å². The van der Waals surface area contributed by atoms with Crippen molar-refractivity contribution in [2.24, 2.45) is 0 Å². The maximum Gasteiger partial charge on any atom is 0.253 e. The van der Waals surface area contributed by atoms with E-state index in [4.69, 9.17) is 4.74 Å². The summed E-state index contributed by atoms with van der Waals surface area (Å²) < 4.78 is 6.23. The van der Waals surface area contributed by atoms with E-state index in [-0.39, 0.29) is 12.5 Å². The van der Waals surface area contributed by atoms with Gasteiger partial charge in [-0.25, -0.2) is 0 Å². The van der Waals surface area contributed by atoms with Crippen LogP contribution in [0.5, 0.6) is 0 Å². The Balaban J connectivity index is 1.68. The Kier molecular flexibility index (Phi) is 4.75. The van der Waals surface area contributed by atoms with E-state index in [0.29, 0.717) is 12.0 Å². The van der Waals surface area contributed by atoms with Gasteiger partial charge in [0.2, 0.25) is 0 Å². The predicted octanol–water partition coefficient (Wildman–Crippen LogP) is 3.40. The van der Waals surface area contributed by atoms with E-state index < -0.39 is 11.8 Å². The second-order valence-electron chi connectivity index (χ2n) is 6.71. The molecule has 0 radical (unpaired) electrons. The molecule has 0 bridgehead atoms. The third-order valence-electron chi connectivity index (χ3n) is 4.94. The fraction of sp³-hybridized carbons (Fsp3) is 0.174. The first kappa shape index (κ1) is 17.5. The van der Waals surface area contributed by atoms with Crippen LogP contribution in [0.15, 0.2) is 84.9 Å². The van der Waals surface area contributed by atoms with Gasteiger partial charge in [0.05, 0.1) is 6.61 Å². The monoisotopic (exact) mass is 359 g/mol. The first-order chi connectivity index (χ1) is 13.2. The molecule has 3 aromatic carbocycles. The molecule has 1 aliphatic carbocycles. The number of hydrogen-bond donors (Lipinski definition) is 2. The lowest BCUT2D eigenvalue weighted by molar-refractivity contribution is -0.143. The fourth-order valence-corrected chi connectivity index (χ4v) is 3.55. The van der Waals surface area contributed by atoms with Gasteiger partial charge in [-0.15, -0.1) is 0 Å². The Morgan fingerprint density at radius 3 is 2.33 bits per heavy atom. The lowest BCUT2D eigenvalue weighted by atomic mass is 10.0. The molecule has 0 saturated heterocycles. The summed E-state index contributed by atoms with van der Waals surface area (Å²) in [5.41, 5.74) is 2.00. The van der Waals surface area contributed by atoms with Crippen LogP contribution in [0.25, 0.3) is 0 Å². The number of amides is 1. The predicted molar refractivity (Wildman–Crippen MR) is 103 cm³/mol. The van der Waals surface area contributed by atoms with E-state index in [2.05, 4.69) is 5.32 Å². The number of rotatable bonds is 5. The highest BCUT2D eigenvalue weighted by molar-refractivity contribution is 5.94. The standard InChI is InChI=1S/C23H21NO3/c25-21-15-19-13-7-8-14-20(19)23(21,27-16-17-9-3-1-4-10-17)24-22(26)18-11-5-2-6-12-18/h1-14,21,25H,15-16H2,(H,24,26). The third-order valence-corrected chi connectivity index (χ3v) is 4.94. The highest BCUT2D eigenvalue weighted by Gasteiger charge is 2.48. The van der Waals surface area contributed by atoms with Crippen molar-refractivity contribution in [1.82, 2.24) is 5.32 Å². The Morgan fingerprint density at radius 2 is 1.59 bits per heavy atom. The number of ether oxygens (including phenoxy) is 1. The van der Waals surface area contributed by atoms with Gasteiger partial charge in [-0.1, -0.05) is 72.8 Å². The molecule has 2 N–H and O–H groups in total. The third kappa shape index (κ3) is 3.37. The van der Waals surface area contributed by atoms with Gasteiger partial charge in [-0.05, 0) is 23.3 Å². The van der Waals surface area contributed by atoms with Crippen molar-refractivity contribution in [3.05, 3.63) is 107 Å². The van der Waals surface area contributed by atoms with Crippen LogP contribution < -0.4 is 5.32 Å². The molecular weight excluding hydrogens is 338 g/mol. The Hall–Kier alpha value is -2.95. The van der Waals surface area contributed by atoms with Crippen LogP contribution in [0.2, 0.25) is 0 Å². The number of carbonyl (C=O) groups is 1. The molecule has 2 atom stereocenters. The van der Waals surface area contributed by atoms with Gasteiger partial charge in [-0.3, -0.25) is 4.79 Å². The van der Waals surface area contributed by atoms with Crippen LogP contribution in [-0.2, 0) is 23.5 Å². The topological polar surface area (TPSA) is 58.6 Å². The zero-order chi connectivity index (χ0) is 18.7. The maximum atomic E-state index is 12.9. The molecule has 0 saturated carbocycles. The molecule has 0 spiro atoms. The molecule has 4 nitrogen and oxygen atoms in total. The molecule has 3 aromatic rings. The SMILES string of the molecule is O=C(NC1(OCc2ccccc2)c2ccccc2CC1O)c1ccccc1. The van der Waals surface area contributed by atoms with Crippen LogP contribution >= 0.6 is 0 Å². The van der Waals surface area contributed by atoms with E-state index in [0.717, 1.165) is 16.7 Å². The fourth-order valence-electron chi connectivity index (χ4n) is 3.55. The van der Waals surface area contributed by atoms with Crippen molar-refractivity contribution in [2.45, 2.75) is 24.9 Å².